The minimum absolute atomic E-state index is 0.662. The standard InChI is InChI=1S/C6H7N3O4/c1-8-4(10)3(7-13)5(11)9(2)6(8)12/h10H,1-2H3. The van der Waals surface area contributed by atoms with Crippen molar-refractivity contribution in [1.29, 1.82) is 0 Å². The molecule has 0 saturated carbocycles. The molecule has 0 fully saturated rings. The van der Waals surface area contributed by atoms with Crippen LogP contribution < -0.4 is 11.2 Å². The number of aromatic nitrogens is 2. The van der Waals surface area contributed by atoms with E-state index in [4.69, 9.17) is 5.11 Å². The quantitative estimate of drug-likeness (QED) is 0.579. The van der Waals surface area contributed by atoms with E-state index in [1.54, 1.807) is 0 Å². The van der Waals surface area contributed by atoms with Crippen molar-refractivity contribution in [2.45, 2.75) is 0 Å². The van der Waals surface area contributed by atoms with Crippen LogP contribution >= 0.6 is 0 Å². The third kappa shape index (κ3) is 1.13. The molecule has 0 aliphatic heterocycles. The van der Waals surface area contributed by atoms with E-state index in [0.717, 1.165) is 4.57 Å². The third-order valence-electron chi connectivity index (χ3n) is 1.70. The van der Waals surface area contributed by atoms with Gasteiger partial charge in [0.25, 0.3) is 5.56 Å². The molecule has 0 aliphatic carbocycles. The molecule has 0 amide bonds. The summed E-state index contributed by atoms with van der Waals surface area (Å²) in [6, 6.07) is 0. The summed E-state index contributed by atoms with van der Waals surface area (Å²) < 4.78 is 1.45. The summed E-state index contributed by atoms with van der Waals surface area (Å²) in [7, 11) is 2.42. The second-order valence-electron chi connectivity index (χ2n) is 2.47. The lowest BCUT2D eigenvalue weighted by Gasteiger charge is -2.04. The van der Waals surface area contributed by atoms with Gasteiger partial charge in [0.15, 0.2) is 0 Å². The SMILES string of the molecule is Cn1c(O)c(N=O)c(=O)n(C)c1=O. The molecule has 0 unspecified atom stereocenters. The highest BCUT2D eigenvalue weighted by molar-refractivity contribution is 5.43. The first kappa shape index (κ1) is 9.17. The van der Waals surface area contributed by atoms with Gasteiger partial charge in [-0.05, 0) is 5.18 Å². The van der Waals surface area contributed by atoms with Crippen LogP contribution in [0.4, 0.5) is 5.69 Å². The summed E-state index contributed by atoms with van der Waals surface area (Å²) in [4.78, 5) is 32.3. The van der Waals surface area contributed by atoms with Crippen molar-refractivity contribution in [3.05, 3.63) is 25.7 Å². The molecule has 0 aliphatic rings. The lowest BCUT2D eigenvalue weighted by atomic mass is 10.5. The van der Waals surface area contributed by atoms with Crippen molar-refractivity contribution in [2.75, 3.05) is 0 Å². The Morgan fingerprint density at radius 1 is 1.23 bits per heavy atom. The van der Waals surface area contributed by atoms with E-state index >= 15 is 0 Å². The molecule has 13 heavy (non-hydrogen) atoms. The van der Waals surface area contributed by atoms with E-state index in [1.165, 1.54) is 14.1 Å². The van der Waals surface area contributed by atoms with Gasteiger partial charge in [-0.25, -0.2) is 4.79 Å². The number of hydrogen-bond acceptors (Lipinski definition) is 5. The molecule has 0 spiro atoms. The molecule has 1 N–H and O–H groups in total. The van der Waals surface area contributed by atoms with Crippen molar-refractivity contribution >= 4 is 5.69 Å². The van der Waals surface area contributed by atoms with E-state index in [0.29, 0.717) is 4.57 Å². The van der Waals surface area contributed by atoms with Crippen molar-refractivity contribution in [1.82, 2.24) is 9.13 Å². The predicted octanol–water partition coefficient (Wildman–Crippen LogP) is -0.813. The molecular weight excluding hydrogens is 178 g/mol. The van der Waals surface area contributed by atoms with Crippen LogP contribution in [0.5, 0.6) is 5.88 Å². The number of nitroso groups, excluding NO2 is 1. The Morgan fingerprint density at radius 2 is 1.77 bits per heavy atom. The van der Waals surface area contributed by atoms with Gasteiger partial charge in [-0.3, -0.25) is 13.9 Å². The van der Waals surface area contributed by atoms with Crippen LogP contribution in [0.25, 0.3) is 0 Å². The minimum atomic E-state index is -0.907. The molecule has 0 saturated heterocycles. The van der Waals surface area contributed by atoms with E-state index in [-0.39, 0.29) is 0 Å². The van der Waals surface area contributed by atoms with Crippen LogP contribution in [-0.4, -0.2) is 14.2 Å². The molecule has 1 heterocycles. The highest BCUT2D eigenvalue weighted by Gasteiger charge is 2.14. The number of nitrogens with zero attached hydrogens (tertiary/aromatic N) is 3. The van der Waals surface area contributed by atoms with Gasteiger partial charge in [-0.15, -0.1) is 4.91 Å². The zero-order chi connectivity index (χ0) is 10.2. The summed E-state index contributed by atoms with van der Waals surface area (Å²) in [6.07, 6.45) is 0. The summed E-state index contributed by atoms with van der Waals surface area (Å²) in [5.74, 6) is -0.719. The van der Waals surface area contributed by atoms with Crippen molar-refractivity contribution < 1.29 is 5.11 Å². The van der Waals surface area contributed by atoms with Crippen LogP contribution in [-0.2, 0) is 14.1 Å². The highest BCUT2D eigenvalue weighted by Crippen LogP contribution is 2.16. The molecule has 1 aromatic heterocycles. The maximum Gasteiger partial charge on any atom is 0.333 e. The Balaban J connectivity index is 3.88. The lowest BCUT2D eigenvalue weighted by molar-refractivity contribution is 0.414. The molecule has 70 valence electrons. The van der Waals surface area contributed by atoms with Crippen molar-refractivity contribution in [3.63, 3.8) is 0 Å². The second-order valence-corrected chi connectivity index (χ2v) is 2.47. The maximum atomic E-state index is 11.1. The summed E-state index contributed by atoms with van der Waals surface area (Å²) in [6.45, 7) is 0. The first-order chi connectivity index (χ1) is 6.00. The molecule has 0 aromatic carbocycles. The number of rotatable bonds is 1. The fourth-order valence-corrected chi connectivity index (χ4v) is 0.896. The smallest absolute Gasteiger partial charge is 0.333 e. The van der Waals surface area contributed by atoms with Gasteiger partial charge in [0.2, 0.25) is 11.6 Å². The third-order valence-corrected chi connectivity index (χ3v) is 1.70. The molecule has 0 atom stereocenters. The van der Waals surface area contributed by atoms with E-state index in [1.807, 2.05) is 0 Å². The summed E-state index contributed by atoms with van der Waals surface area (Å²) in [5.41, 5.74) is -2.28. The van der Waals surface area contributed by atoms with Gasteiger partial charge >= 0.3 is 5.69 Å². The van der Waals surface area contributed by atoms with Crippen LogP contribution in [0.15, 0.2) is 14.8 Å². The Kier molecular flexibility index (Phi) is 2.01. The van der Waals surface area contributed by atoms with Gasteiger partial charge in [0.1, 0.15) is 0 Å². The Bertz CT molecular complexity index is 470. The Labute approximate surface area is 71.8 Å². The Morgan fingerprint density at radius 3 is 2.23 bits per heavy atom. The van der Waals surface area contributed by atoms with Crippen LogP contribution in [0.3, 0.4) is 0 Å². The van der Waals surface area contributed by atoms with Crippen molar-refractivity contribution in [3.8, 4) is 5.88 Å². The fourth-order valence-electron chi connectivity index (χ4n) is 0.896. The second kappa shape index (κ2) is 2.85. The fraction of sp³-hybridized carbons (Fsp3) is 0.333. The highest BCUT2D eigenvalue weighted by atomic mass is 16.3. The monoisotopic (exact) mass is 185 g/mol. The van der Waals surface area contributed by atoms with Gasteiger partial charge in [0, 0.05) is 14.1 Å². The molecule has 0 bridgehead atoms. The first-order valence-electron chi connectivity index (χ1n) is 3.33. The van der Waals surface area contributed by atoms with Crippen LogP contribution in [0, 0.1) is 4.91 Å². The summed E-state index contributed by atoms with van der Waals surface area (Å²) >= 11 is 0. The van der Waals surface area contributed by atoms with Gasteiger partial charge in [0.05, 0.1) is 0 Å². The molecule has 0 radical (unpaired) electrons. The molecule has 1 aromatic rings. The van der Waals surface area contributed by atoms with Crippen LogP contribution in [0.2, 0.25) is 0 Å². The van der Waals surface area contributed by atoms with E-state index < -0.39 is 22.8 Å². The lowest BCUT2D eigenvalue weighted by Crippen LogP contribution is -2.36. The zero-order valence-electron chi connectivity index (χ0n) is 7.01. The van der Waals surface area contributed by atoms with Gasteiger partial charge in [-0.2, -0.15) is 0 Å². The molecule has 7 nitrogen and oxygen atoms in total. The average molecular weight is 185 g/mol. The predicted molar refractivity (Wildman–Crippen MR) is 44.0 cm³/mol. The van der Waals surface area contributed by atoms with E-state index in [2.05, 4.69) is 5.18 Å². The molecule has 1 rings (SSSR count). The zero-order valence-corrected chi connectivity index (χ0v) is 7.01. The number of hydrogen-bond donors (Lipinski definition) is 1. The van der Waals surface area contributed by atoms with Gasteiger partial charge < -0.3 is 5.11 Å². The average Bonchev–Trinajstić information content (AvgIpc) is 2.13. The van der Waals surface area contributed by atoms with Crippen molar-refractivity contribution in [2.24, 2.45) is 19.3 Å². The Hall–Kier alpha value is -1.92. The molecular formula is C6H7N3O4. The first-order valence-corrected chi connectivity index (χ1v) is 3.33. The number of aromatic hydroxyl groups is 1. The van der Waals surface area contributed by atoms with E-state index in [9.17, 15) is 14.5 Å². The van der Waals surface area contributed by atoms with Crippen LogP contribution in [0.1, 0.15) is 0 Å². The summed E-state index contributed by atoms with van der Waals surface area (Å²) in [5, 5.41) is 11.5. The maximum absolute atomic E-state index is 11.1. The molecule has 7 heteroatoms. The topological polar surface area (TPSA) is 93.7 Å². The van der Waals surface area contributed by atoms with Gasteiger partial charge in [-0.1, -0.05) is 0 Å². The normalized spacial score (nSPS) is 10.0. The minimum Gasteiger partial charge on any atom is -0.493 e. The largest absolute Gasteiger partial charge is 0.493 e.